The molecule has 0 unspecified atom stereocenters. The van der Waals surface area contributed by atoms with E-state index in [9.17, 15) is 0 Å². The highest BCUT2D eigenvalue weighted by Gasteiger charge is 2.28. The number of hydrogen-bond donors (Lipinski definition) is 1. The van der Waals surface area contributed by atoms with Crippen LogP contribution in [0, 0.1) is 6.92 Å². The summed E-state index contributed by atoms with van der Waals surface area (Å²) < 4.78 is 5.07. The van der Waals surface area contributed by atoms with Crippen molar-refractivity contribution in [2.75, 3.05) is 37.9 Å². The average molecular weight is 250 g/mol. The third-order valence-corrected chi connectivity index (χ3v) is 3.32. The van der Waals surface area contributed by atoms with Gasteiger partial charge in [0.1, 0.15) is 17.5 Å². The van der Waals surface area contributed by atoms with Gasteiger partial charge in [-0.25, -0.2) is 9.97 Å². The van der Waals surface area contributed by atoms with Gasteiger partial charge in [0.2, 0.25) is 0 Å². The van der Waals surface area contributed by atoms with Gasteiger partial charge >= 0.3 is 0 Å². The summed E-state index contributed by atoms with van der Waals surface area (Å²) in [6.45, 7) is 3.66. The summed E-state index contributed by atoms with van der Waals surface area (Å²) in [6.07, 6.45) is 3.36. The van der Waals surface area contributed by atoms with E-state index >= 15 is 0 Å². The van der Waals surface area contributed by atoms with Gasteiger partial charge in [-0.05, 0) is 26.2 Å². The maximum atomic E-state index is 5.98. The van der Waals surface area contributed by atoms with Crippen LogP contribution in [0.15, 0.2) is 0 Å². The van der Waals surface area contributed by atoms with E-state index in [2.05, 4.69) is 14.9 Å². The van der Waals surface area contributed by atoms with Gasteiger partial charge in [0.15, 0.2) is 0 Å². The van der Waals surface area contributed by atoms with Crippen LogP contribution in [0.1, 0.15) is 36.6 Å². The van der Waals surface area contributed by atoms with Gasteiger partial charge in [-0.15, -0.1) is 0 Å². The number of anilines is 2. The third kappa shape index (κ3) is 2.90. The van der Waals surface area contributed by atoms with E-state index in [4.69, 9.17) is 10.5 Å². The van der Waals surface area contributed by atoms with Crippen molar-refractivity contribution in [3.63, 3.8) is 0 Å². The normalized spacial score (nSPS) is 14.8. The van der Waals surface area contributed by atoms with Crippen LogP contribution >= 0.6 is 0 Å². The average Bonchev–Trinajstić information content (AvgIpc) is 3.16. The molecule has 0 aromatic carbocycles. The fourth-order valence-corrected chi connectivity index (χ4v) is 1.99. The first-order valence-corrected chi connectivity index (χ1v) is 6.47. The maximum Gasteiger partial charge on any atom is 0.137 e. The van der Waals surface area contributed by atoms with Crippen LogP contribution in [0.2, 0.25) is 0 Å². The number of ether oxygens (including phenoxy) is 1. The summed E-state index contributed by atoms with van der Waals surface area (Å²) in [5.74, 6) is 3.01. The zero-order valence-electron chi connectivity index (χ0n) is 11.4. The summed E-state index contributed by atoms with van der Waals surface area (Å²) in [5.41, 5.74) is 6.95. The van der Waals surface area contributed by atoms with Crippen LogP contribution in [0.4, 0.5) is 11.6 Å². The van der Waals surface area contributed by atoms with Crippen LogP contribution < -0.4 is 10.6 Å². The quantitative estimate of drug-likeness (QED) is 0.779. The van der Waals surface area contributed by atoms with E-state index in [1.165, 1.54) is 12.8 Å². The summed E-state index contributed by atoms with van der Waals surface area (Å²) in [7, 11) is 3.76. The molecule has 1 aliphatic rings. The first-order valence-electron chi connectivity index (χ1n) is 6.47. The summed E-state index contributed by atoms with van der Waals surface area (Å²) >= 11 is 0. The van der Waals surface area contributed by atoms with Crippen molar-refractivity contribution in [1.82, 2.24) is 9.97 Å². The Kier molecular flexibility index (Phi) is 4.01. The highest BCUT2D eigenvalue weighted by molar-refractivity contribution is 5.56. The molecule has 1 aromatic rings. The van der Waals surface area contributed by atoms with E-state index < -0.39 is 0 Å². The Morgan fingerprint density at radius 3 is 2.72 bits per heavy atom. The van der Waals surface area contributed by atoms with Crippen molar-refractivity contribution in [3.05, 3.63) is 11.4 Å². The third-order valence-electron chi connectivity index (χ3n) is 3.32. The molecule has 0 aliphatic heterocycles. The van der Waals surface area contributed by atoms with E-state index in [0.29, 0.717) is 11.7 Å². The smallest absolute Gasteiger partial charge is 0.137 e. The fraction of sp³-hybridized carbons (Fsp3) is 0.692. The largest absolute Gasteiger partial charge is 0.385 e. The number of methoxy groups -OCH3 is 1. The topological polar surface area (TPSA) is 64.3 Å². The summed E-state index contributed by atoms with van der Waals surface area (Å²) in [6, 6.07) is 0. The highest BCUT2D eigenvalue weighted by Crippen LogP contribution is 2.39. The second-order valence-electron chi connectivity index (χ2n) is 4.96. The Balaban J connectivity index is 2.14. The summed E-state index contributed by atoms with van der Waals surface area (Å²) in [4.78, 5) is 11.2. The lowest BCUT2D eigenvalue weighted by Crippen LogP contribution is -2.23. The van der Waals surface area contributed by atoms with Crippen molar-refractivity contribution in [3.8, 4) is 0 Å². The van der Waals surface area contributed by atoms with E-state index in [0.717, 1.165) is 36.8 Å². The van der Waals surface area contributed by atoms with Gasteiger partial charge < -0.3 is 15.4 Å². The molecule has 1 aromatic heterocycles. The number of nitrogen functional groups attached to an aromatic ring is 1. The number of nitrogens with two attached hydrogens (primary N) is 1. The van der Waals surface area contributed by atoms with Gasteiger partial charge in [-0.3, -0.25) is 0 Å². The number of aromatic nitrogens is 2. The lowest BCUT2D eigenvalue weighted by Gasteiger charge is -2.21. The van der Waals surface area contributed by atoms with Crippen molar-refractivity contribution >= 4 is 11.6 Å². The molecule has 0 spiro atoms. The number of rotatable bonds is 6. The summed E-state index contributed by atoms with van der Waals surface area (Å²) in [5, 5.41) is 0. The molecular formula is C13H22N4O. The second-order valence-corrected chi connectivity index (χ2v) is 4.96. The van der Waals surface area contributed by atoms with Gasteiger partial charge in [0.05, 0.1) is 0 Å². The van der Waals surface area contributed by atoms with Crippen LogP contribution in [0.5, 0.6) is 0 Å². The zero-order chi connectivity index (χ0) is 13.1. The Labute approximate surface area is 108 Å². The molecule has 18 heavy (non-hydrogen) atoms. The first-order chi connectivity index (χ1) is 8.63. The fourth-order valence-electron chi connectivity index (χ4n) is 1.99. The predicted molar refractivity (Wildman–Crippen MR) is 72.9 cm³/mol. The van der Waals surface area contributed by atoms with Crippen molar-refractivity contribution < 1.29 is 4.74 Å². The van der Waals surface area contributed by atoms with Crippen molar-refractivity contribution in [2.45, 2.75) is 32.1 Å². The van der Waals surface area contributed by atoms with Crippen LogP contribution in [-0.2, 0) is 4.74 Å². The Morgan fingerprint density at radius 1 is 1.39 bits per heavy atom. The van der Waals surface area contributed by atoms with Crippen LogP contribution in [-0.4, -0.2) is 37.3 Å². The molecule has 2 rings (SSSR count). The lowest BCUT2D eigenvalue weighted by atomic mass is 10.2. The minimum atomic E-state index is 0.527. The molecule has 5 heteroatoms. The van der Waals surface area contributed by atoms with Gasteiger partial charge in [-0.2, -0.15) is 0 Å². The molecule has 100 valence electrons. The molecule has 1 heterocycles. The lowest BCUT2D eigenvalue weighted by molar-refractivity contribution is 0.196. The highest BCUT2D eigenvalue weighted by atomic mass is 16.5. The Bertz CT molecular complexity index is 418. The molecule has 0 saturated heterocycles. The number of hydrogen-bond acceptors (Lipinski definition) is 5. The van der Waals surface area contributed by atoms with Crippen LogP contribution in [0.3, 0.4) is 0 Å². The molecule has 1 fully saturated rings. The van der Waals surface area contributed by atoms with Gasteiger partial charge in [0, 0.05) is 38.8 Å². The molecular weight excluding hydrogens is 228 g/mol. The van der Waals surface area contributed by atoms with Crippen molar-refractivity contribution in [2.24, 2.45) is 0 Å². The van der Waals surface area contributed by atoms with Crippen LogP contribution in [0.25, 0.3) is 0 Å². The molecule has 0 amide bonds. The molecule has 2 N–H and O–H groups in total. The predicted octanol–water partition coefficient (Wildman–Crippen LogP) is 1.72. The molecule has 5 nitrogen and oxygen atoms in total. The Hall–Kier alpha value is -1.36. The molecule has 0 atom stereocenters. The maximum absolute atomic E-state index is 5.98. The molecule has 0 radical (unpaired) electrons. The first kappa shape index (κ1) is 13.1. The monoisotopic (exact) mass is 250 g/mol. The second kappa shape index (κ2) is 5.52. The molecule has 0 bridgehead atoms. The molecule has 1 saturated carbocycles. The van der Waals surface area contributed by atoms with E-state index in [1.807, 2.05) is 14.0 Å². The minimum absolute atomic E-state index is 0.527. The Morgan fingerprint density at radius 2 is 2.11 bits per heavy atom. The standard InChI is InChI=1S/C13H22N4O/c1-9-11(14)15-12(10-5-6-10)16-13(9)17(2)7-4-8-18-3/h10H,4-8H2,1-3H3,(H2,14,15,16). The van der Waals surface area contributed by atoms with Gasteiger partial charge in [-0.1, -0.05) is 0 Å². The SMILES string of the molecule is COCCCN(C)c1nc(C2CC2)nc(N)c1C. The van der Waals surface area contributed by atoms with E-state index in [-0.39, 0.29) is 0 Å². The van der Waals surface area contributed by atoms with E-state index in [1.54, 1.807) is 7.11 Å². The van der Waals surface area contributed by atoms with Crippen molar-refractivity contribution in [1.29, 1.82) is 0 Å². The van der Waals surface area contributed by atoms with Gasteiger partial charge in [0.25, 0.3) is 0 Å². The number of nitrogens with zero attached hydrogens (tertiary/aromatic N) is 3. The minimum Gasteiger partial charge on any atom is -0.385 e. The zero-order valence-corrected chi connectivity index (χ0v) is 11.4. The molecule has 1 aliphatic carbocycles.